The number of rotatable bonds is 4. The van der Waals surface area contributed by atoms with Gasteiger partial charge >= 0.3 is 5.97 Å². The largest absolute Gasteiger partial charge is 0.461 e. The average molecular weight is 287 g/mol. The van der Waals surface area contributed by atoms with Crippen molar-refractivity contribution in [3.05, 3.63) is 22.4 Å². The van der Waals surface area contributed by atoms with Crippen LogP contribution < -0.4 is 5.32 Å². The summed E-state index contributed by atoms with van der Waals surface area (Å²) in [6.45, 7) is 6.10. The lowest BCUT2D eigenvalue weighted by molar-refractivity contribution is 0.0520. The van der Waals surface area contributed by atoms with Crippen LogP contribution in [0.25, 0.3) is 0 Å². The van der Waals surface area contributed by atoms with Gasteiger partial charge in [-0.25, -0.2) is 9.78 Å². The summed E-state index contributed by atoms with van der Waals surface area (Å²) in [4.78, 5) is 15.8. The molecule has 5 heteroatoms. The number of nitrogens with zero attached hydrogens (tertiary/aromatic N) is 1. The highest BCUT2D eigenvalue weighted by Crippen LogP contribution is 2.19. The second-order valence-electron chi connectivity index (χ2n) is 3.55. The van der Waals surface area contributed by atoms with E-state index in [9.17, 15) is 4.79 Å². The van der Waals surface area contributed by atoms with Gasteiger partial charge in [0.15, 0.2) is 5.69 Å². The number of halogens is 1. The van der Waals surface area contributed by atoms with Gasteiger partial charge in [-0.15, -0.1) is 0 Å². The first-order chi connectivity index (χ1) is 7.54. The van der Waals surface area contributed by atoms with Gasteiger partial charge in [0.2, 0.25) is 0 Å². The Morgan fingerprint density at radius 2 is 2.25 bits per heavy atom. The van der Waals surface area contributed by atoms with Crippen LogP contribution in [0.2, 0.25) is 0 Å². The van der Waals surface area contributed by atoms with Crippen LogP contribution in [0, 0.1) is 0 Å². The van der Waals surface area contributed by atoms with E-state index in [1.165, 1.54) is 0 Å². The summed E-state index contributed by atoms with van der Waals surface area (Å²) < 4.78 is 5.56. The minimum absolute atomic E-state index is 0.233. The van der Waals surface area contributed by atoms with Crippen molar-refractivity contribution in [1.82, 2.24) is 4.98 Å². The van der Waals surface area contributed by atoms with Gasteiger partial charge in [0.05, 0.1) is 12.3 Å². The Kier molecular flexibility index (Phi) is 4.73. The smallest absolute Gasteiger partial charge is 0.359 e. The zero-order chi connectivity index (χ0) is 12.1. The number of carbonyl (C=O) groups is 1. The Labute approximate surface area is 104 Å². The average Bonchev–Trinajstić information content (AvgIpc) is 2.20. The quantitative estimate of drug-likeness (QED) is 0.683. The third-order valence-electron chi connectivity index (χ3n) is 1.77. The molecule has 0 aliphatic rings. The van der Waals surface area contributed by atoms with Gasteiger partial charge in [0, 0.05) is 6.04 Å². The van der Waals surface area contributed by atoms with Crippen molar-refractivity contribution in [3.63, 3.8) is 0 Å². The van der Waals surface area contributed by atoms with E-state index >= 15 is 0 Å². The van der Waals surface area contributed by atoms with Gasteiger partial charge in [0.1, 0.15) is 4.60 Å². The van der Waals surface area contributed by atoms with Crippen molar-refractivity contribution in [1.29, 1.82) is 0 Å². The summed E-state index contributed by atoms with van der Waals surface area (Å²) in [6, 6.07) is 3.83. The molecule has 16 heavy (non-hydrogen) atoms. The molecule has 4 nitrogen and oxygen atoms in total. The summed E-state index contributed by atoms with van der Waals surface area (Å²) in [6.07, 6.45) is 0. The molecule has 0 saturated carbocycles. The van der Waals surface area contributed by atoms with Crippen LogP contribution in [0.3, 0.4) is 0 Å². The van der Waals surface area contributed by atoms with Gasteiger partial charge in [-0.1, -0.05) is 0 Å². The molecule has 1 rings (SSSR count). The molecule has 0 saturated heterocycles. The lowest BCUT2D eigenvalue weighted by Gasteiger charge is -2.13. The van der Waals surface area contributed by atoms with Crippen molar-refractivity contribution in [2.24, 2.45) is 0 Å². The molecule has 1 N–H and O–H groups in total. The van der Waals surface area contributed by atoms with Crippen molar-refractivity contribution in [2.45, 2.75) is 26.8 Å². The molecule has 1 aromatic heterocycles. The standard InChI is InChI=1S/C11H15BrN2O2/c1-4-16-11(15)10-8(13-7(2)3)5-6-9(12)14-10/h5-7,13H,4H2,1-3H3. The fourth-order valence-corrected chi connectivity index (χ4v) is 1.53. The van der Waals surface area contributed by atoms with Crippen LogP contribution in [0.4, 0.5) is 5.69 Å². The summed E-state index contributed by atoms with van der Waals surface area (Å²) in [7, 11) is 0. The lowest BCUT2D eigenvalue weighted by atomic mass is 10.2. The second kappa shape index (κ2) is 5.84. The van der Waals surface area contributed by atoms with Crippen molar-refractivity contribution >= 4 is 27.6 Å². The topological polar surface area (TPSA) is 51.2 Å². The van der Waals surface area contributed by atoms with Crippen LogP contribution >= 0.6 is 15.9 Å². The molecule has 0 spiro atoms. The molecule has 0 unspecified atom stereocenters. The molecule has 0 fully saturated rings. The predicted octanol–water partition coefficient (Wildman–Crippen LogP) is 2.84. The van der Waals surface area contributed by atoms with Gasteiger partial charge in [-0.2, -0.15) is 0 Å². The summed E-state index contributed by atoms with van der Waals surface area (Å²) in [5, 5.41) is 3.16. The van der Waals surface area contributed by atoms with Crippen LogP contribution in [0.5, 0.6) is 0 Å². The Hall–Kier alpha value is -1.10. The van der Waals surface area contributed by atoms with Crippen molar-refractivity contribution in [3.8, 4) is 0 Å². The van der Waals surface area contributed by atoms with Crippen LogP contribution in [0.15, 0.2) is 16.7 Å². The van der Waals surface area contributed by atoms with Crippen molar-refractivity contribution < 1.29 is 9.53 Å². The van der Waals surface area contributed by atoms with Crippen LogP contribution in [0.1, 0.15) is 31.3 Å². The minimum atomic E-state index is -0.410. The van der Waals surface area contributed by atoms with Gasteiger partial charge < -0.3 is 10.1 Å². The molecular formula is C11H15BrN2O2. The molecule has 0 bridgehead atoms. The predicted molar refractivity (Wildman–Crippen MR) is 66.7 cm³/mol. The third kappa shape index (κ3) is 3.48. The molecule has 0 aromatic carbocycles. The van der Waals surface area contributed by atoms with Gasteiger partial charge in [0.25, 0.3) is 0 Å². The first-order valence-corrected chi connectivity index (χ1v) is 5.94. The molecule has 1 aromatic rings. The molecule has 0 amide bonds. The summed E-state index contributed by atoms with van der Waals surface area (Å²) >= 11 is 3.24. The minimum Gasteiger partial charge on any atom is -0.461 e. The van der Waals surface area contributed by atoms with E-state index in [2.05, 4.69) is 26.2 Å². The van der Waals surface area contributed by atoms with Crippen LogP contribution in [-0.4, -0.2) is 23.6 Å². The third-order valence-corrected chi connectivity index (χ3v) is 2.22. The Balaban J connectivity index is 3.02. The Morgan fingerprint density at radius 3 is 2.81 bits per heavy atom. The Morgan fingerprint density at radius 1 is 1.56 bits per heavy atom. The number of hydrogen-bond donors (Lipinski definition) is 1. The fraction of sp³-hybridized carbons (Fsp3) is 0.455. The SMILES string of the molecule is CCOC(=O)c1nc(Br)ccc1NC(C)C. The van der Waals surface area contributed by atoms with E-state index in [-0.39, 0.29) is 6.04 Å². The highest BCUT2D eigenvalue weighted by atomic mass is 79.9. The number of pyridine rings is 1. The van der Waals surface area contributed by atoms with E-state index < -0.39 is 5.97 Å². The molecule has 0 aliphatic carbocycles. The maximum atomic E-state index is 11.7. The zero-order valence-corrected chi connectivity index (χ0v) is 11.2. The normalized spacial score (nSPS) is 10.3. The number of ether oxygens (including phenoxy) is 1. The number of carbonyl (C=O) groups excluding carboxylic acids is 1. The molecular weight excluding hydrogens is 272 g/mol. The summed E-state index contributed by atoms with van der Waals surface area (Å²) in [5.74, 6) is -0.410. The van der Waals surface area contributed by atoms with E-state index in [0.717, 1.165) is 0 Å². The zero-order valence-electron chi connectivity index (χ0n) is 9.58. The first kappa shape index (κ1) is 13.0. The van der Waals surface area contributed by atoms with E-state index in [1.54, 1.807) is 13.0 Å². The number of esters is 1. The van der Waals surface area contributed by atoms with E-state index in [4.69, 9.17) is 4.74 Å². The maximum absolute atomic E-state index is 11.7. The molecule has 0 aliphatic heterocycles. The van der Waals surface area contributed by atoms with Crippen molar-refractivity contribution in [2.75, 3.05) is 11.9 Å². The highest BCUT2D eigenvalue weighted by molar-refractivity contribution is 9.10. The molecule has 0 atom stereocenters. The number of nitrogens with one attached hydrogen (secondary N) is 1. The molecule has 0 radical (unpaired) electrons. The van der Waals surface area contributed by atoms with E-state index in [0.29, 0.717) is 22.6 Å². The summed E-state index contributed by atoms with van der Waals surface area (Å²) in [5.41, 5.74) is 1.00. The first-order valence-electron chi connectivity index (χ1n) is 5.14. The number of anilines is 1. The number of hydrogen-bond acceptors (Lipinski definition) is 4. The second-order valence-corrected chi connectivity index (χ2v) is 4.36. The number of aromatic nitrogens is 1. The molecule has 1 heterocycles. The van der Waals surface area contributed by atoms with Gasteiger partial charge in [-0.3, -0.25) is 0 Å². The maximum Gasteiger partial charge on any atom is 0.359 e. The highest BCUT2D eigenvalue weighted by Gasteiger charge is 2.15. The van der Waals surface area contributed by atoms with Crippen LogP contribution in [-0.2, 0) is 4.74 Å². The monoisotopic (exact) mass is 286 g/mol. The lowest BCUT2D eigenvalue weighted by Crippen LogP contribution is -2.16. The van der Waals surface area contributed by atoms with E-state index in [1.807, 2.05) is 19.9 Å². The van der Waals surface area contributed by atoms with Gasteiger partial charge in [-0.05, 0) is 48.8 Å². The molecule has 88 valence electrons. The Bertz CT molecular complexity index is 380. The fourth-order valence-electron chi connectivity index (χ4n) is 1.22.